The second-order valence-electron chi connectivity index (χ2n) is 9.99. The summed E-state index contributed by atoms with van der Waals surface area (Å²) < 4.78 is 1.92. The molecule has 4 aromatic rings. The molecule has 1 spiro atoms. The minimum atomic E-state index is 0.458. The van der Waals surface area contributed by atoms with Crippen LogP contribution in [0, 0.1) is 26.2 Å². The predicted molar refractivity (Wildman–Crippen MR) is 125 cm³/mol. The summed E-state index contributed by atoms with van der Waals surface area (Å²) in [7, 11) is 0. The monoisotopic (exact) mass is 418 g/mol. The topological polar surface area (TPSA) is 46.0 Å². The van der Waals surface area contributed by atoms with E-state index in [0.717, 1.165) is 11.6 Å². The van der Waals surface area contributed by atoms with Gasteiger partial charge < -0.3 is 4.98 Å². The number of fused-ring (bicyclic) bond motifs is 2. The Kier molecular flexibility index (Phi) is 3.84. The summed E-state index contributed by atoms with van der Waals surface area (Å²) in [5.74, 6) is 1.26. The van der Waals surface area contributed by atoms with Crippen LogP contribution in [-0.4, -0.2) is 19.6 Å². The van der Waals surface area contributed by atoms with Crippen molar-refractivity contribution in [2.45, 2.75) is 78.6 Å². The molecule has 6 rings (SSSR count). The molecule has 5 heteroatoms. The maximum atomic E-state index is 4.44. The van der Waals surface area contributed by atoms with E-state index in [-0.39, 0.29) is 0 Å². The minimum Gasteiger partial charge on any atom is -0.346 e. The molecule has 2 aliphatic rings. The number of hydrogen-bond acceptors (Lipinski definition) is 3. The van der Waals surface area contributed by atoms with E-state index in [1.165, 1.54) is 75.8 Å². The second-order valence-corrected chi connectivity index (χ2v) is 11.0. The first-order valence-corrected chi connectivity index (χ1v) is 12.2. The summed E-state index contributed by atoms with van der Waals surface area (Å²) in [5, 5.41) is 5.91. The molecule has 0 aliphatic heterocycles. The molecule has 0 saturated heterocycles. The van der Waals surface area contributed by atoms with Crippen LogP contribution in [0.1, 0.15) is 84.9 Å². The molecule has 4 heterocycles. The lowest BCUT2D eigenvalue weighted by Crippen LogP contribution is -2.43. The summed E-state index contributed by atoms with van der Waals surface area (Å²) in [6, 6.07) is 0. The van der Waals surface area contributed by atoms with E-state index in [1.807, 2.05) is 15.9 Å². The van der Waals surface area contributed by atoms with Crippen molar-refractivity contribution >= 4 is 27.2 Å². The van der Waals surface area contributed by atoms with Crippen molar-refractivity contribution in [2.75, 3.05) is 0 Å². The fourth-order valence-electron chi connectivity index (χ4n) is 6.16. The Morgan fingerprint density at radius 1 is 1.13 bits per heavy atom. The molecule has 0 radical (unpaired) electrons. The molecule has 1 atom stereocenters. The molecule has 1 unspecified atom stereocenters. The van der Waals surface area contributed by atoms with E-state index in [0.29, 0.717) is 11.3 Å². The van der Waals surface area contributed by atoms with Crippen LogP contribution in [-0.2, 0) is 0 Å². The fraction of sp³-hybridized carbons (Fsp3) is 0.520. The largest absolute Gasteiger partial charge is 0.346 e. The van der Waals surface area contributed by atoms with E-state index in [1.54, 1.807) is 11.2 Å². The van der Waals surface area contributed by atoms with Crippen LogP contribution < -0.4 is 0 Å². The summed E-state index contributed by atoms with van der Waals surface area (Å²) in [6.07, 6.45) is 11.0. The summed E-state index contributed by atoms with van der Waals surface area (Å²) in [4.78, 5) is 11.3. The number of nitrogens with zero attached hydrogens (tertiary/aromatic N) is 3. The lowest BCUT2D eigenvalue weighted by Gasteiger charge is -2.56. The highest BCUT2D eigenvalue weighted by Gasteiger charge is 2.52. The molecule has 156 valence electrons. The van der Waals surface area contributed by atoms with E-state index in [4.69, 9.17) is 0 Å². The lowest BCUT2D eigenvalue weighted by atomic mass is 9.49. The maximum Gasteiger partial charge on any atom is 0.158 e. The third-order valence-electron chi connectivity index (χ3n) is 8.27. The fourth-order valence-corrected chi connectivity index (χ4v) is 7.66. The molecule has 2 saturated carbocycles. The average molecular weight is 419 g/mol. The number of pyridine rings is 1. The van der Waals surface area contributed by atoms with Crippen molar-refractivity contribution < 1.29 is 0 Å². The number of aromatic nitrogens is 4. The van der Waals surface area contributed by atoms with Gasteiger partial charge in [-0.1, -0.05) is 20.3 Å². The maximum absolute atomic E-state index is 4.44. The van der Waals surface area contributed by atoms with Crippen molar-refractivity contribution in [2.24, 2.45) is 5.41 Å². The number of aromatic amines is 1. The first-order chi connectivity index (χ1) is 14.4. The van der Waals surface area contributed by atoms with Crippen LogP contribution >= 0.6 is 11.3 Å². The molecule has 2 fully saturated rings. The Bertz CT molecular complexity index is 1290. The van der Waals surface area contributed by atoms with Gasteiger partial charge in [0, 0.05) is 22.0 Å². The van der Waals surface area contributed by atoms with Crippen molar-refractivity contribution in [3.05, 3.63) is 39.7 Å². The third-order valence-corrected chi connectivity index (χ3v) is 9.59. The number of nitrogens with one attached hydrogen (secondary N) is 1. The van der Waals surface area contributed by atoms with Gasteiger partial charge in [0.1, 0.15) is 11.2 Å². The van der Waals surface area contributed by atoms with E-state index >= 15 is 0 Å². The molecular formula is C25H30N4S. The summed E-state index contributed by atoms with van der Waals surface area (Å²) >= 11 is 2.03. The van der Waals surface area contributed by atoms with Gasteiger partial charge in [0.25, 0.3) is 0 Å². The van der Waals surface area contributed by atoms with E-state index < -0.39 is 0 Å². The van der Waals surface area contributed by atoms with Gasteiger partial charge in [-0.2, -0.15) is 5.10 Å². The number of H-pyrrole nitrogens is 1. The smallest absolute Gasteiger partial charge is 0.158 e. The van der Waals surface area contributed by atoms with Gasteiger partial charge in [0.05, 0.1) is 5.69 Å². The highest BCUT2D eigenvalue weighted by atomic mass is 32.1. The first kappa shape index (κ1) is 18.6. The molecule has 2 aliphatic carbocycles. The van der Waals surface area contributed by atoms with Crippen LogP contribution in [0.5, 0.6) is 0 Å². The van der Waals surface area contributed by atoms with E-state index in [2.05, 4.69) is 55.9 Å². The number of hydrogen-bond donors (Lipinski definition) is 1. The number of rotatable bonds is 3. The van der Waals surface area contributed by atoms with Gasteiger partial charge in [-0.25, -0.2) is 9.50 Å². The van der Waals surface area contributed by atoms with Crippen LogP contribution in [0.3, 0.4) is 0 Å². The predicted octanol–water partition coefficient (Wildman–Crippen LogP) is 7.04. The zero-order valence-corrected chi connectivity index (χ0v) is 19.4. The Morgan fingerprint density at radius 2 is 1.93 bits per heavy atom. The average Bonchev–Trinajstić information content (AvgIpc) is 3.32. The highest BCUT2D eigenvalue weighted by molar-refractivity contribution is 7.19. The molecule has 1 N–H and O–H groups in total. The standard InChI is InChI=1S/C25H30N4S/c1-13(2)19-20-16(5)22(18-7-10-25(18)8-6-9-25)30-24(20)28-21(19)17-11-29-23(26-12-27-29)15(4)14(17)3/h11-13,18,28H,6-10H2,1-5H3. The highest BCUT2D eigenvalue weighted by Crippen LogP contribution is 2.65. The third kappa shape index (κ3) is 2.27. The van der Waals surface area contributed by atoms with Gasteiger partial charge >= 0.3 is 0 Å². The number of aryl methyl sites for hydroxylation is 2. The van der Waals surface area contributed by atoms with Crippen molar-refractivity contribution in [1.29, 1.82) is 0 Å². The summed E-state index contributed by atoms with van der Waals surface area (Å²) in [5.41, 5.74) is 9.61. The van der Waals surface area contributed by atoms with Gasteiger partial charge in [0.2, 0.25) is 0 Å². The van der Waals surface area contributed by atoms with Gasteiger partial charge in [-0.15, -0.1) is 11.3 Å². The quantitative estimate of drug-likeness (QED) is 0.388. The van der Waals surface area contributed by atoms with Crippen molar-refractivity contribution in [1.82, 2.24) is 19.6 Å². The van der Waals surface area contributed by atoms with Gasteiger partial charge in [0.15, 0.2) is 5.65 Å². The SMILES string of the molecule is Cc1c(-c2[nH]c3sc(C4CCC45CCC5)c(C)c3c2C(C)C)cn2ncnc2c1C. The normalized spacial score (nSPS) is 20.4. The van der Waals surface area contributed by atoms with Crippen molar-refractivity contribution in [3.8, 4) is 11.3 Å². The van der Waals surface area contributed by atoms with E-state index in [9.17, 15) is 0 Å². The Hall–Kier alpha value is -2.14. The zero-order chi connectivity index (χ0) is 20.8. The molecular weight excluding hydrogens is 388 g/mol. The Morgan fingerprint density at radius 3 is 2.57 bits per heavy atom. The molecule has 4 nitrogen and oxygen atoms in total. The molecule has 0 amide bonds. The molecule has 30 heavy (non-hydrogen) atoms. The molecule has 0 bridgehead atoms. The summed E-state index contributed by atoms with van der Waals surface area (Å²) in [6.45, 7) is 11.4. The van der Waals surface area contributed by atoms with Crippen LogP contribution in [0.2, 0.25) is 0 Å². The van der Waals surface area contributed by atoms with Crippen molar-refractivity contribution in [3.63, 3.8) is 0 Å². The molecule has 0 aromatic carbocycles. The second kappa shape index (κ2) is 6.19. The van der Waals surface area contributed by atoms with Crippen LogP contribution in [0.4, 0.5) is 0 Å². The first-order valence-electron chi connectivity index (χ1n) is 11.4. The number of thiophene rings is 1. The van der Waals surface area contributed by atoms with Crippen LogP contribution in [0.15, 0.2) is 12.5 Å². The van der Waals surface area contributed by atoms with Gasteiger partial charge in [-0.3, -0.25) is 0 Å². The Balaban J connectivity index is 1.56. The minimum absolute atomic E-state index is 0.458. The zero-order valence-electron chi connectivity index (χ0n) is 18.6. The molecule has 4 aromatic heterocycles. The van der Waals surface area contributed by atoms with Gasteiger partial charge in [-0.05, 0) is 86.0 Å². The Labute approximate surface area is 181 Å². The van der Waals surface area contributed by atoms with Crippen LogP contribution in [0.25, 0.3) is 27.1 Å². The lowest BCUT2D eigenvalue weighted by molar-refractivity contribution is -0.000499.